The van der Waals surface area contributed by atoms with Gasteiger partial charge in [0, 0.05) is 11.3 Å². The van der Waals surface area contributed by atoms with Crippen molar-refractivity contribution in [3.63, 3.8) is 0 Å². The monoisotopic (exact) mass is 426 g/mol. The van der Waals surface area contributed by atoms with Gasteiger partial charge in [-0.2, -0.15) is 11.8 Å². The Labute approximate surface area is 188 Å². The molecule has 0 fully saturated rings. The molecule has 0 aromatic rings. The van der Waals surface area contributed by atoms with Gasteiger partial charge in [-0.25, -0.2) is 0 Å². The van der Waals surface area contributed by atoms with E-state index in [2.05, 4.69) is 33.0 Å². The lowest BCUT2D eigenvalue weighted by atomic mass is 10.0. The van der Waals surface area contributed by atoms with Crippen molar-refractivity contribution < 1.29 is 4.79 Å². The second kappa shape index (κ2) is 21.1. The maximum atomic E-state index is 11.8. The van der Waals surface area contributed by atoms with Gasteiger partial charge >= 0.3 is 0 Å². The van der Waals surface area contributed by atoms with E-state index in [0.717, 1.165) is 12.2 Å². The van der Waals surface area contributed by atoms with Gasteiger partial charge in [0.1, 0.15) is 0 Å². The summed E-state index contributed by atoms with van der Waals surface area (Å²) < 4.78 is 0. The van der Waals surface area contributed by atoms with E-state index in [1.54, 1.807) is 6.42 Å². The minimum atomic E-state index is -0.0911. The highest BCUT2D eigenvalue weighted by molar-refractivity contribution is 7.99. The van der Waals surface area contributed by atoms with E-state index < -0.39 is 0 Å². The molecule has 0 unspecified atom stereocenters. The third kappa shape index (κ3) is 22.3. The molecule has 3 heteroatoms. The number of thioether (sulfide) groups is 1. The van der Waals surface area contributed by atoms with E-state index in [-0.39, 0.29) is 11.4 Å². The van der Waals surface area contributed by atoms with Gasteiger partial charge in [-0.15, -0.1) is 0 Å². The fourth-order valence-electron chi connectivity index (χ4n) is 3.44. The van der Waals surface area contributed by atoms with Crippen molar-refractivity contribution in [2.45, 2.75) is 142 Å². The summed E-state index contributed by atoms with van der Waals surface area (Å²) in [5, 5.41) is 3.06. The molecule has 1 N–H and O–H groups in total. The fourth-order valence-corrected chi connectivity index (χ4v) is 4.29. The fraction of sp³-hybridized carbons (Fsp3) is 0.923. The Hall–Kier alpha value is -0.180. The Balaban J connectivity index is 3.16. The molecule has 1 amide bonds. The van der Waals surface area contributed by atoms with E-state index in [9.17, 15) is 4.79 Å². The van der Waals surface area contributed by atoms with Crippen molar-refractivity contribution >= 4 is 17.7 Å². The molecular formula is C26H52NOS. The largest absolute Gasteiger partial charge is 0.351 e. The van der Waals surface area contributed by atoms with Crippen LogP contribution in [0.25, 0.3) is 0 Å². The summed E-state index contributed by atoms with van der Waals surface area (Å²) in [4.78, 5) is 11.8. The first kappa shape index (κ1) is 28.8. The molecule has 0 saturated carbocycles. The zero-order valence-electron chi connectivity index (χ0n) is 20.3. The van der Waals surface area contributed by atoms with E-state index in [4.69, 9.17) is 0 Å². The van der Waals surface area contributed by atoms with Crippen LogP contribution in [0.2, 0.25) is 0 Å². The molecule has 0 spiro atoms. The van der Waals surface area contributed by atoms with Crippen LogP contribution in [0.4, 0.5) is 0 Å². The average molecular weight is 427 g/mol. The Bertz CT molecular complexity index is 357. The lowest BCUT2D eigenvalue weighted by Crippen LogP contribution is -2.43. The van der Waals surface area contributed by atoms with Gasteiger partial charge < -0.3 is 5.32 Å². The van der Waals surface area contributed by atoms with Crippen LogP contribution in [-0.4, -0.2) is 23.0 Å². The smallest absolute Gasteiger partial charge is 0.225 e. The maximum absolute atomic E-state index is 11.8. The molecule has 0 aliphatic heterocycles. The van der Waals surface area contributed by atoms with Crippen molar-refractivity contribution in [1.82, 2.24) is 5.32 Å². The van der Waals surface area contributed by atoms with Gasteiger partial charge in [-0.05, 0) is 32.4 Å². The Kier molecular flexibility index (Phi) is 20.9. The number of nitrogens with one attached hydrogen (secondary N) is 1. The number of rotatable bonds is 22. The third-order valence-electron chi connectivity index (χ3n) is 5.87. The minimum Gasteiger partial charge on any atom is -0.351 e. The molecule has 1 radical (unpaired) electrons. The number of carbonyl (C=O) groups is 1. The molecule has 2 nitrogen and oxygen atoms in total. The molecule has 0 bridgehead atoms. The van der Waals surface area contributed by atoms with Gasteiger partial charge in [0.25, 0.3) is 0 Å². The SMILES string of the molecule is CCCCCCCCCCCCCCCCCCSC[CH]C(=O)NC(C)(C)CC. The Morgan fingerprint density at radius 3 is 1.55 bits per heavy atom. The van der Waals surface area contributed by atoms with Crippen molar-refractivity contribution in [2.75, 3.05) is 11.5 Å². The van der Waals surface area contributed by atoms with Gasteiger partial charge in [0.05, 0.1) is 6.42 Å². The van der Waals surface area contributed by atoms with Gasteiger partial charge in [-0.3, -0.25) is 4.79 Å². The molecule has 0 aliphatic rings. The minimum absolute atomic E-state index is 0.0799. The van der Waals surface area contributed by atoms with Crippen molar-refractivity contribution in [2.24, 2.45) is 0 Å². The number of amides is 1. The van der Waals surface area contributed by atoms with Crippen molar-refractivity contribution in [1.29, 1.82) is 0 Å². The molecule has 0 heterocycles. The van der Waals surface area contributed by atoms with E-state index in [1.165, 1.54) is 108 Å². The first-order chi connectivity index (χ1) is 14.0. The predicted molar refractivity (Wildman–Crippen MR) is 134 cm³/mol. The van der Waals surface area contributed by atoms with Gasteiger partial charge in [0.15, 0.2) is 0 Å². The second-order valence-corrected chi connectivity index (χ2v) is 10.5. The molecular weight excluding hydrogens is 374 g/mol. The number of unbranched alkanes of at least 4 members (excludes halogenated alkanes) is 15. The second-order valence-electron chi connectivity index (χ2n) is 9.31. The Morgan fingerprint density at radius 1 is 0.724 bits per heavy atom. The molecule has 29 heavy (non-hydrogen) atoms. The molecule has 0 atom stereocenters. The van der Waals surface area contributed by atoms with E-state index in [0.29, 0.717) is 0 Å². The summed E-state index contributed by atoms with van der Waals surface area (Å²) in [6.07, 6.45) is 25.4. The van der Waals surface area contributed by atoms with Crippen LogP contribution < -0.4 is 5.32 Å². The molecule has 0 rings (SSSR count). The van der Waals surface area contributed by atoms with Gasteiger partial charge in [0.2, 0.25) is 5.91 Å². The Morgan fingerprint density at radius 2 is 1.14 bits per heavy atom. The molecule has 0 aromatic heterocycles. The van der Waals surface area contributed by atoms with Crippen LogP contribution in [-0.2, 0) is 4.79 Å². The molecule has 0 aliphatic carbocycles. The van der Waals surface area contributed by atoms with Crippen LogP contribution in [0.3, 0.4) is 0 Å². The standard InChI is InChI=1S/C26H52NOS/c1-5-7-8-9-10-11-12-13-14-15-16-17-18-19-20-21-23-29-24-22-25(28)27-26(3,4)6-2/h22H,5-21,23-24H2,1-4H3,(H,27,28). The van der Waals surface area contributed by atoms with Gasteiger partial charge in [-0.1, -0.05) is 110 Å². The van der Waals surface area contributed by atoms with Crippen LogP contribution in [0.5, 0.6) is 0 Å². The maximum Gasteiger partial charge on any atom is 0.225 e. The van der Waals surface area contributed by atoms with Crippen LogP contribution in [0.15, 0.2) is 0 Å². The third-order valence-corrected chi connectivity index (χ3v) is 6.85. The predicted octanol–water partition coefficient (Wildman–Crippen LogP) is 8.49. The highest BCUT2D eigenvalue weighted by atomic mass is 32.2. The summed E-state index contributed by atoms with van der Waals surface area (Å²) in [5.74, 6) is 2.10. The summed E-state index contributed by atoms with van der Waals surface area (Å²) in [7, 11) is 0. The summed E-state index contributed by atoms with van der Waals surface area (Å²) in [5.41, 5.74) is -0.0911. The molecule has 0 aromatic carbocycles. The number of hydrogen-bond acceptors (Lipinski definition) is 2. The van der Waals surface area contributed by atoms with E-state index in [1.807, 2.05) is 11.8 Å². The van der Waals surface area contributed by atoms with Crippen molar-refractivity contribution in [3.8, 4) is 0 Å². The topological polar surface area (TPSA) is 29.1 Å². The lowest BCUT2D eigenvalue weighted by molar-refractivity contribution is -0.119. The zero-order valence-corrected chi connectivity index (χ0v) is 21.1. The average Bonchev–Trinajstić information content (AvgIpc) is 2.69. The van der Waals surface area contributed by atoms with Crippen molar-refractivity contribution in [3.05, 3.63) is 6.42 Å². The molecule has 173 valence electrons. The quantitative estimate of drug-likeness (QED) is 0.176. The van der Waals surface area contributed by atoms with Crippen LogP contribution in [0, 0.1) is 6.42 Å². The first-order valence-electron chi connectivity index (χ1n) is 12.7. The van der Waals surface area contributed by atoms with Crippen LogP contribution in [0.1, 0.15) is 137 Å². The first-order valence-corrected chi connectivity index (χ1v) is 13.9. The summed E-state index contributed by atoms with van der Waals surface area (Å²) in [6, 6.07) is 0. The van der Waals surface area contributed by atoms with E-state index >= 15 is 0 Å². The molecule has 0 saturated heterocycles. The summed E-state index contributed by atoms with van der Waals surface area (Å²) in [6.45, 7) is 8.54. The lowest BCUT2D eigenvalue weighted by Gasteiger charge is -2.24. The highest BCUT2D eigenvalue weighted by Crippen LogP contribution is 2.15. The number of carbonyl (C=O) groups excluding carboxylic acids is 1. The normalized spacial score (nSPS) is 11.7. The zero-order chi connectivity index (χ0) is 21.6. The van der Waals surface area contributed by atoms with Crippen LogP contribution >= 0.6 is 11.8 Å². The highest BCUT2D eigenvalue weighted by Gasteiger charge is 2.17. The summed E-state index contributed by atoms with van der Waals surface area (Å²) >= 11 is 1.89. The number of hydrogen-bond donors (Lipinski definition) is 1.